The molecule has 1 N–H and O–H groups in total. The van der Waals surface area contributed by atoms with Crippen molar-refractivity contribution in [3.63, 3.8) is 0 Å². The third-order valence-electron chi connectivity index (χ3n) is 5.27. The van der Waals surface area contributed by atoms with Crippen LogP contribution in [0.1, 0.15) is 34.1 Å². The Morgan fingerprint density at radius 1 is 1.42 bits per heavy atom. The summed E-state index contributed by atoms with van der Waals surface area (Å²) in [5, 5.41) is 9.32. The number of allylic oxidation sites excluding steroid dienone is 5. The topological polar surface area (TPSA) is 40.5 Å². The normalized spacial score (nSPS) is 27.7. The molecule has 0 saturated heterocycles. The summed E-state index contributed by atoms with van der Waals surface area (Å²) in [4.78, 5) is 13.4. The maximum Gasteiger partial charge on any atom is 0.317 e. The van der Waals surface area contributed by atoms with Crippen LogP contribution in [0.2, 0.25) is 0 Å². The molecule has 0 aromatic rings. The third kappa shape index (κ3) is 7.17. The van der Waals surface area contributed by atoms with Crippen LogP contribution in [0.3, 0.4) is 0 Å². The molecule has 0 aliphatic heterocycles. The van der Waals surface area contributed by atoms with Crippen LogP contribution in [-0.4, -0.2) is 35.6 Å². The number of nitrogens with zero attached hydrogens (tertiary/aromatic N) is 1. The smallest absolute Gasteiger partial charge is 0.317 e. The van der Waals surface area contributed by atoms with E-state index in [1.807, 2.05) is 24.0 Å². The Morgan fingerprint density at radius 3 is 2.62 bits per heavy atom. The van der Waals surface area contributed by atoms with Crippen LogP contribution in [-0.2, 0) is 4.79 Å². The fourth-order valence-electron chi connectivity index (χ4n) is 3.37. The van der Waals surface area contributed by atoms with Crippen molar-refractivity contribution >= 4 is 5.97 Å². The number of rotatable bonds is 10. The molecule has 0 aromatic heterocycles. The molecule has 0 aromatic carbocycles. The Bertz CT molecular complexity index is 587. The first kappa shape index (κ1) is 22.2. The number of carboxylic acids is 1. The Hall–Kier alpha value is -1.87. The lowest BCUT2D eigenvalue weighted by Crippen LogP contribution is -2.38. The third-order valence-corrected chi connectivity index (χ3v) is 5.27. The summed E-state index contributed by atoms with van der Waals surface area (Å²) in [6, 6.07) is 0. The highest BCUT2D eigenvalue weighted by Crippen LogP contribution is 2.38. The second-order valence-corrected chi connectivity index (χ2v) is 7.80. The van der Waals surface area contributed by atoms with Gasteiger partial charge in [-0.3, -0.25) is 9.69 Å². The number of hydrogen-bond donors (Lipinski definition) is 1. The number of aliphatic carboxylic acids is 1. The van der Waals surface area contributed by atoms with E-state index < -0.39 is 5.97 Å². The quantitative estimate of drug-likeness (QED) is 0.437. The maximum atomic E-state index is 11.3. The lowest BCUT2D eigenvalue weighted by molar-refractivity contribution is -0.138. The van der Waals surface area contributed by atoms with Gasteiger partial charge in [0.05, 0.1) is 6.54 Å². The van der Waals surface area contributed by atoms with Crippen LogP contribution in [0, 0.1) is 23.2 Å². The van der Waals surface area contributed by atoms with E-state index >= 15 is 0 Å². The summed E-state index contributed by atoms with van der Waals surface area (Å²) in [7, 11) is 0. The molecule has 0 saturated carbocycles. The molecule has 0 fully saturated rings. The van der Waals surface area contributed by atoms with E-state index in [9.17, 15) is 9.90 Å². The monoisotopic (exact) mass is 357 g/mol. The zero-order chi connectivity index (χ0) is 19.7. The van der Waals surface area contributed by atoms with Gasteiger partial charge in [0.25, 0.3) is 0 Å². The van der Waals surface area contributed by atoms with Crippen molar-refractivity contribution in [3.8, 4) is 0 Å². The van der Waals surface area contributed by atoms with Crippen LogP contribution >= 0.6 is 0 Å². The van der Waals surface area contributed by atoms with E-state index in [1.54, 1.807) is 0 Å². The largest absolute Gasteiger partial charge is 0.480 e. The van der Waals surface area contributed by atoms with Gasteiger partial charge in [-0.1, -0.05) is 63.3 Å². The standard InChI is InChI=1S/C23H35NO2/c1-7-18(4)10-11-20(8-2)15-24(17-22(25)26)16-21-12-13-23(6,9-3)14-19(21)5/h7-13,18-19,21H,1,3,14-17H2,2,4-6H3,(H,25,26). The predicted molar refractivity (Wildman–Crippen MR) is 111 cm³/mol. The minimum Gasteiger partial charge on any atom is -0.480 e. The zero-order valence-corrected chi connectivity index (χ0v) is 16.8. The number of carboxylic acid groups (broad SMARTS) is 1. The van der Waals surface area contributed by atoms with Crippen LogP contribution < -0.4 is 0 Å². The average molecular weight is 358 g/mol. The first-order valence-electron chi connectivity index (χ1n) is 9.46. The van der Waals surface area contributed by atoms with Crippen molar-refractivity contribution in [2.45, 2.75) is 34.1 Å². The van der Waals surface area contributed by atoms with Gasteiger partial charge in [0.15, 0.2) is 0 Å². The molecule has 0 radical (unpaired) electrons. The van der Waals surface area contributed by atoms with Crippen LogP contribution in [0.25, 0.3) is 0 Å². The highest BCUT2D eigenvalue weighted by molar-refractivity contribution is 5.69. The molecule has 0 bridgehead atoms. The minimum absolute atomic E-state index is 0.0472. The zero-order valence-electron chi connectivity index (χ0n) is 16.8. The SMILES string of the molecule is C=CC(C)C=CC(=CC)CN(CC(=O)O)CC1C=CC(C)(C=C)CC1C. The van der Waals surface area contributed by atoms with Gasteiger partial charge >= 0.3 is 5.97 Å². The van der Waals surface area contributed by atoms with Gasteiger partial charge in [0, 0.05) is 18.5 Å². The second-order valence-electron chi connectivity index (χ2n) is 7.80. The molecule has 144 valence electrons. The molecule has 3 heteroatoms. The van der Waals surface area contributed by atoms with Crippen LogP contribution in [0.5, 0.6) is 0 Å². The van der Waals surface area contributed by atoms with Gasteiger partial charge in [-0.15, -0.1) is 13.2 Å². The summed E-state index contributed by atoms with van der Waals surface area (Å²) in [6.07, 6.45) is 15.7. The fraction of sp³-hybridized carbons (Fsp3) is 0.522. The summed E-state index contributed by atoms with van der Waals surface area (Å²) >= 11 is 0. The highest BCUT2D eigenvalue weighted by Gasteiger charge is 2.30. The lowest BCUT2D eigenvalue weighted by atomic mass is 9.71. The summed E-state index contributed by atoms with van der Waals surface area (Å²) in [5.74, 6) is 0.365. The van der Waals surface area contributed by atoms with Gasteiger partial charge in [-0.05, 0) is 36.7 Å². The van der Waals surface area contributed by atoms with E-state index in [2.05, 4.69) is 64.3 Å². The Morgan fingerprint density at radius 2 is 2.12 bits per heavy atom. The number of carbonyl (C=O) groups is 1. The van der Waals surface area contributed by atoms with E-state index in [4.69, 9.17) is 0 Å². The first-order chi connectivity index (χ1) is 12.2. The molecule has 26 heavy (non-hydrogen) atoms. The van der Waals surface area contributed by atoms with E-state index in [0.717, 1.165) is 18.5 Å². The molecule has 4 atom stereocenters. The van der Waals surface area contributed by atoms with Gasteiger partial charge < -0.3 is 5.11 Å². The van der Waals surface area contributed by atoms with Gasteiger partial charge in [0.2, 0.25) is 0 Å². The van der Waals surface area contributed by atoms with Crippen molar-refractivity contribution in [3.05, 3.63) is 61.3 Å². The van der Waals surface area contributed by atoms with Gasteiger partial charge in [-0.25, -0.2) is 0 Å². The first-order valence-corrected chi connectivity index (χ1v) is 9.46. The average Bonchev–Trinajstić information content (AvgIpc) is 2.60. The Kier molecular flexibility index (Phi) is 8.80. The molecule has 3 nitrogen and oxygen atoms in total. The lowest BCUT2D eigenvalue weighted by Gasteiger charge is -2.37. The van der Waals surface area contributed by atoms with Gasteiger partial charge in [-0.2, -0.15) is 0 Å². The molecule has 0 amide bonds. The van der Waals surface area contributed by atoms with Crippen molar-refractivity contribution in [2.24, 2.45) is 23.2 Å². The van der Waals surface area contributed by atoms with Crippen LogP contribution in [0.4, 0.5) is 0 Å². The molecule has 0 heterocycles. The summed E-state index contributed by atoms with van der Waals surface area (Å²) in [5.41, 5.74) is 1.18. The van der Waals surface area contributed by atoms with E-state index in [-0.39, 0.29) is 12.0 Å². The molecular formula is C23H35NO2. The van der Waals surface area contributed by atoms with Crippen molar-refractivity contribution in [1.82, 2.24) is 4.90 Å². The molecule has 1 aliphatic rings. The predicted octanol–water partition coefficient (Wildman–Crippen LogP) is 5.10. The second kappa shape index (κ2) is 10.3. The van der Waals surface area contributed by atoms with Gasteiger partial charge in [0.1, 0.15) is 0 Å². The Labute approximate surface area is 159 Å². The molecular weight excluding hydrogens is 322 g/mol. The van der Waals surface area contributed by atoms with Crippen molar-refractivity contribution in [2.75, 3.05) is 19.6 Å². The molecule has 1 aliphatic carbocycles. The Balaban J connectivity index is 2.85. The van der Waals surface area contributed by atoms with E-state index in [0.29, 0.717) is 24.3 Å². The summed E-state index contributed by atoms with van der Waals surface area (Å²) < 4.78 is 0. The molecule has 0 spiro atoms. The molecule has 4 unspecified atom stereocenters. The number of hydrogen-bond acceptors (Lipinski definition) is 2. The van der Waals surface area contributed by atoms with Crippen molar-refractivity contribution in [1.29, 1.82) is 0 Å². The van der Waals surface area contributed by atoms with Crippen LogP contribution in [0.15, 0.2) is 61.3 Å². The highest BCUT2D eigenvalue weighted by atomic mass is 16.4. The van der Waals surface area contributed by atoms with Crippen molar-refractivity contribution < 1.29 is 9.90 Å². The fourth-order valence-corrected chi connectivity index (χ4v) is 3.37. The maximum absolute atomic E-state index is 11.3. The molecule has 1 rings (SSSR count). The minimum atomic E-state index is -0.785. The van der Waals surface area contributed by atoms with E-state index in [1.165, 1.54) is 0 Å². The summed E-state index contributed by atoms with van der Waals surface area (Å²) in [6.45, 7) is 17.7.